The predicted octanol–water partition coefficient (Wildman–Crippen LogP) is -0.656. The zero-order valence-corrected chi connectivity index (χ0v) is 11.0. The highest BCUT2D eigenvalue weighted by Crippen LogP contribution is 1.97. The van der Waals surface area contributed by atoms with Crippen LogP contribution in [0.2, 0.25) is 0 Å². The van der Waals surface area contributed by atoms with E-state index in [1.165, 1.54) is 6.92 Å². The maximum atomic E-state index is 10.7. The first-order valence-corrected chi connectivity index (χ1v) is 8.04. The molecule has 9 heteroatoms. The van der Waals surface area contributed by atoms with Crippen molar-refractivity contribution in [3.05, 3.63) is 0 Å². The van der Waals surface area contributed by atoms with Crippen molar-refractivity contribution in [3.63, 3.8) is 0 Å². The molecule has 0 fully saturated rings. The highest BCUT2D eigenvalue weighted by atomic mass is 32.2. The smallest absolute Gasteiger partial charge is 0.264 e. The third kappa shape index (κ3) is 11.9. The van der Waals surface area contributed by atoms with Gasteiger partial charge in [0.15, 0.2) is 0 Å². The van der Waals surface area contributed by atoms with Crippen LogP contribution in [0.15, 0.2) is 0 Å². The maximum Gasteiger partial charge on any atom is 0.264 e. The first kappa shape index (κ1) is 15.8. The van der Waals surface area contributed by atoms with Gasteiger partial charge in [-0.1, -0.05) is 0 Å². The lowest BCUT2D eigenvalue weighted by Crippen LogP contribution is -2.21. The fourth-order valence-electron chi connectivity index (χ4n) is 0.820. The van der Waals surface area contributed by atoms with Gasteiger partial charge < -0.3 is 4.74 Å². The quantitative estimate of drug-likeness (QED) is 0.429. The molecule has 0 rings (SSSR count). The molecule has 1 atom stereocenters. The number of ether oxygens (including phenoxy) is 1. The monoisotopic (exact) mass is 276 g/mol. The van der Waals surface area contributed by atoms with Crippen molar-refractivity contribution in [2.45, 2.75) is 13.0 Å². The van der Waals surface area contributed by atoms with Crippen LogP contribution in [0.25, 0.3) is 0 Å². The van der Waals surface area contributed by atoms with Gasteiger partial charge in [0.25, 0.3) is 20.2 Å². The van der Waals surface area contributed by atoms with Crippen molar-refractivity contribution in [2.75, 3.05) is 32.3 Å². The second-order valence-electron chi connectivity index (χ2n) is 3.21. The van der Waals surface area contributed by atoms with E-state index in [0.29, 0.717) is 0 Å². The van der Waals surface area contributed by atoms with Gasteiger partial charge >= 0.3 is 0 Å². The molecule has 0 aromatic rings. The van der Waals surface area contributed by atoms with Crippen LogP contribution in [0.1, 0.15) is 6.92 Å². The van der Waals surface area contributed by atoms with Crippen molar-refractivity contribution in [3.8, 4) is 0 Å². The summed E-state index contributed by atoms with van der Waals surface area (Å²) in [4.78, 5) is 0. The second kappa shape index (κ2) is 6.50. The SMILES string of the molecule is CC(COCCOS(C)(=O)=O)OS(C)(=O)=O. The van der Waals surface area contributed by atoms with Crippen molar-refractivity contribution in [1.82, 2.24) is 0 Å². The van der Waals surface area contributed by atoms with Crippen molar-refractivity contribution in [1.29, 1.82) is 0 Å². The van der Waals surface area contributed by atoms with Crippen LogP contribution in [0, 0.1) is 0 Å². The van der Waals surface area contributed by atoms with Crippen LogP contribution in [0.5, 0.6) is 0 Å². The molecule has 0 heterocycles. The Morgan fingerprint density at radius 1 is 1.00 bits per heavy atom. The number of hydrogen-bond donors (Lipinski definition) is 0. The third-order valence-electron chi connectivity index (χ3n) is 1.22. The van der Waals surface area contributed by atoms with E-state index in [9.17, 15) is 16.8 Å². The molecular weight excluding hydrogens is 260 g/mol. The molecule has 0 aliphatic heterocycles. The molecule has 98 valence electrons. The Bertz CT molecular complexity index is 383. The van der Waals surface area contributed by atoms with Crippen LogP contribution >= 0.6 is 0 Å². The highest BCUT2D eigenvalue weighted by Gasteiger charge is 2.10. The molecular formula is C7H16O7S2. The molecule has 0 aromatic carbocycles. The summed E-state index contributed by atoms with van der Waals surface area (Å²) in [7, 11) is -6.96. The molecule has 0 aliphatic carbocycles. The highest BCUT2D eigenvalue weighted by molar-refractivity contribution is 7.86. The summed E-state index contributed by atoms with van der Waals surface area (Å²) in [6, 6.07) is 0. The largest absolute Gasteiger partial charge is 0.376 e. The Kier molecular flexibility index (Phi) is 6.41. The van der Waals surface area contributed by atoms with Gasteiger partial charge in [0.1, 0.15) is 0 Å². The number of rotatable bonds is 8. The van der Waals surface area contributed by atoms with Crippen LogP contribution in [0.3, 0.4) is 0 Å². The van der Waals surface area contributed by atoms with Gasteiger partial charge in [-0.15, -0.1) is 0 Å². The first-order chi connectivity index (χ1) is 7.10. The molecule has 0 radical (unpaired) electrons. The topological polar surface area (TPSA) is 96.0 Å². The fourth-order valence-corrected chi connectivity index (χ4v) is 1.84. The van der Waals surface area contributed by atoms with Gasteiger partial charge in [0.2, 0.25) is 0 Å². The van der Waals surface area contributed by atoms with E-state index in [4.69, 9.17) is 4.74 Å². The molecule has 0 aliphatic rings. The Labute approximate surface area is 95.9 Å². The van der Waals surface area contributed by atoms with E-state index in [1.54, 1.807) is 0 Å². The van der Waals surface area contributed by atoms with Crippen LogP contribution in [-0.4, -0.2) is 55.3 Å². The number of hydrogen-bond acceptors (Lipinski definition) is 7. The van der Waals surface area contributed by atoms with Gasteiger partial charge in [-0.25, -0.2) is 0 Å². The zero-order chi connectivity index (χ0) is 12.8. The first-order valence-electron chi connectivity index (χ1n) is 4.40. The molecule has 16 heavy (non-hydrogen) atoms. The minimum atomic E-state index is -3.50. The van der Waals surface area contributed by atoms with Gasteiger partial charge in [0.05, 0.1) is 38.4 Å². The molecule has 0 N–H and O–H groups in total. The zero-order valence-electron chi connectivity index (χ0n) is 9.37. The van der Waals surface area contributed by atoms with E-state index in [1.807, 2.05) is 0 Å². The summed E-state index contributed by atoms with van der Waals surface area (Å²) in [5.41, 5.74) is 0. The normalized spacial score (nSPS) is 14.9. The average molecular weight is 276 g/mol. The predicted molar refractivity (Wildman–Crippen MR) is 57.0 cm³/mol. The van der Waals surface area contributed by atoms with Gasteiger partial charge in [-0.05, 0) is 6.92 Å². The molecule has 0 saturated heterocycles. The molecule has 1 unspecified atom stereocenters. The summed E-state index contributed by atoms with van der Waals surface area (Å²) < 4.78 is 56.4. The second-order valence-corrected chi connectivity index (χ2v) is 6.46. The summed E-state index contributed by atoms with van der Waals surface area (Å²) in [6.07, 6.45) is 1.26. The Balaban J connectivity index is 3.60. The van der Waals surface area contributed by atoms with Crippen molar-refractivity contribution < 1.29 is 29.9 Å². The molecule has 0 amide bonds. The van der Waals surface area contributed by atoms with E-state index >= 15 is 0 Å². The lowest BCUT2D eigenvalue weighted by molar-refractivity contribution is 0.0473. The molecule has 0 saturated carbocycles. The average Bonchev–Trinajstić information content (AvgIpc) is 1.97. The minimum Gasteiger partial charge on any atom is -0.376 e. The van der Waals surface area contributed by atoms with Gasteiger partial charge in [-0.2, -0.15) is 16.8 Å². The molecule has 0 spiro atoms. The van der Waals surface area contributed by atoms with Crippen molar-refractivity contribution >= 4 is 20.2 Å². The Morgan fingerprint density at radius 3 is 2.00 bits per heavy atom. The summed E-state index contributed by atoms with van der Waals surface area (Å²) >= 11 is 0. The molecule has 7 nitrogen and oxygen atoms in total. The maximum absolute atomic E-state index is 10.7. The summed E-state index contributed by atoms with van der Waals surface area (Å²) in [5.74, 6) is 0. The van der Waals surface area contributed by atoms with E-state index in [-0.39, 0.29) is 19.8 Å². The van der Waals surface area contributed by atoms with Gasteiger partial charge in [-0.3, -0.25) is 8.37 Å². The van der Waals surface area contributed by atoms with Crippen LogP contribution in [-0.2, 0) is 33.3 Å². The lowest BCUT2D eigenvalue weighted by Gasteiger charge is -2.11. The van der Waals surface area contributed by atoms with E-state index in [0.717, 1.165) is 12.5 Å². The Morgan fingerprint density at radius 2 is 1.56 bits per heavy atom. The van der Waals surface area contributed by atoms with Crippen LogP contribution in [0.4, 0.5) is 0 Å². The van der Waals surface area contributed by atoms with E-state index in [2.05, 4.69) is 8.37 Å². The third-order valence-corrected chi connectivity index (χ3v) is 2.49. The van der Waals surface area contributed by atoms with E-state index < -0.39 is 26.3 Å². The molecule has 0 bridgehead atoms. The summed E-state index contributed by atoms with van der Waals surface area (Å²) in [6.45, 7) is 1.51. The van der Waals surface area contributed by atoms with Crippen molar-refractivity contribution in [2.24, 2.45) is 0 Å². The van der Waals surface area contributed by atoms with Crippen LogP contribution < -0.4 is 0 Å². The Hall–Kier alpha value is -0.220. The minimum absolute atomic E-state index is 0.0419. The summed E-state index contributed by atoms with van der Waals surface area (Å²) in [5, 5.41) is 0. The molecule has 0 aromatic heterocycles. The lowest BCUT2D eigenvalue weighted by atomic mass is 10.4. The fraction of sp³-hybridized carbons (Fsp3) is 1.00. The van der Waals surface area contributed by atoms with Gasteiger partial charge in [0, 0.05) is 0 Å². The standard InChI is InChI=1S/C7H16O7S2/c1-7(14-16(3,10)11)6-12-4-5-13-15(2,8)9/h7H,4-6H2,1-3H3.